The number of hydrogen-bond acceptors (Lipinski definition) is 3. The summed E-state index contributed by atoms with van der Waals surface area (Å²) in [6.45, 7) is 10.4. The normalized spacial score (nSPS) is 11.7. The van der Waals surface area contributed by atoms with Gasteiger partial charge in [-0.15, -0.1) is 11.3 Å². The van der Waals surface area contributed by atoms with Crippen LogP contribution in [-0.4, -0.2) is 10.8 Å². The van der Waals surface area contributed by atoms with Crippen LogP contribution in [0.15, 0.2) is 24.3 Å². The van der Waals surface area contributed by atoms with E-state index in [2.05, 4.69) is 56.9 Å². The SMILES string of the molecule is CCCc1nc(-c2ccc(C(C)(C)C)cc2)sc1C(C)=O. The van der Waals surface area contributed by atoms with Crippen LogP contribution < -0.4 is 0 Å². The van der Waals surface area contributed by atoms with E-state index in [1.165, 1.54) is 16.9 Å². The molecule has 0 atom stereocenters. The number of carbonyl (C=O) groups is 1. The van der Waals surface area contributed by atoms with Gasteiger partial charge in [-0.05, 0) is 17.4 Å². The summed E-state index contributed by atoms with van der Waals surface area (Å²) in [6, 6.07) is 8.53. The highest BCUT2D eigenvalue weighted by molar-refractivity contribution is 7.17. The first-order chi connectivity index (χ1) is 9.82. The first kappa shape index (κ1) is 15.9. The van der Waals surface area contributed by atoms with Gasteiger partial charge in [-0.25, -0.2) is 4.98 Å². The van der Waals surface area contributed by atoms with E-state index in [1.54, 1.807) is 6.92 Å². The van der Waals surface area contributed by atoms with E-state index in [-0.39, 0.29) is 11.2 Å². The zero-order valence-electron chi connectivity index (χ0n) is 13.5. The van der Waals surface area contributed by atoms with Crippen molar-refractivity contribution in [3.63, 3.8) is 0 Å². The Hall–Kier alpha value is -1.48. The minimum absolute atomic E-state index is 0.119. The van der Waals surface area contributed by atoms with Crippen molar-refractivity contribution in [3.05, 3.63) is 40.4 Å². The number of rotatable bonds is 4. The highest BCUT2D eigenvalue weighted by Gasteiger charge is 2.17. The molecule has 0 unspecified atom stereocenters. The summed E-state index contributed by atoms with van der Waals surface area (Å²) in [5.74, 6) is 0.119. The molecule has 1 aromatic carbocycles. The van der Waals surface area contributed by atoms with Gasteiger partial charge in [0.1, 0.15) is 5.01 Å². The Kier molecular flexibility index (Phi) is 4.62. The highest BCUT2D eigenvalue weighted by atomic mass is 32.1. The number of hydrogen-bond donors (Lipinski definition) is 0. The predicted molar refractivity (Wildman–Crippen MR) is 90.2 cm³/mol. The second kappa shape index (κ2) is 6.10. The molecular formula is C18H23NOS. The molecule has 2 nitrogen and oxygen atoms in total. The van der Waals surface area contributed by atoms with E-state index in [0.29, 0.717) is 0 Å². The highest BCUT2D eigenvalue weighted by Crippen LogP contribution is 2.31. The van der Waals surface area contributed by atoms with Gasteiger partial charge in [-0.3, -0.25) is 4.79 Å². The van der Waals surface area contributed by atoms with Crippen LogP contribution >= 0.6 is 11.3 Å². The van der Waals surface area contributed by atoms with Crippen molar-refractivity contribution >= 4 is 17.1 Å². The summed E-state index contributed by atoms with van der Waals surface area (Å²) in [5.41, 5.74) is 3.51. The molecule has 3 heteroatoms. The largest absolute Gasteiger partial charge is 0.294 e. The van der Waals surface area contributed by atoms with Gasteiger partial charge in [0.15, 0.2) is 5.78 Å². The number of benzene rings is 1. The molecule has 112 valence electrons. The Morgan fingerprint density at radius 2 is 1.81 bits per heavy atom. The molecule has 21 heavy (non-hydrogen) atoms. The van der Waals surface area contributed by atoms with Crippen molar-refractivity contribution < 1.29 is 4.79 Å². The molecule has 0 aliphatic heterocycles. The quantitative estimate of drug-likeness (QED) is 0.721. The predicted octanol–water partition coefficient (Wildman–Crippen LogP) is 5.26. The topological polar surface area (TPSA) is 30.0 Å². The van der Waals surface area contributed by atoms with Crippen LogP contribution in [0.3, 0.4) is 0 Å². The van der Waals surface area contributed by atoms with Crippen molar-refractivity contribution in [1.29, 1.82) is 0 Å². The van der Waals surface area contributed by atoms with E-state index in [4.69, 9.17) is 0 Å². The summed E-state index contributed by atoms with van der Waals surface area (Å²) in [6.07, 6.45) is 1.87. The molecule has 0 fully saturated rings. The summed E-state index contributed by atoms with van der Waals surface area (Å²) < 4.78 is 0. The Bertz CT molecular complexity index is 632. The first-order valence-corrected chi connectivity index (χ1v) is 8.26. The molecule has 0 amide bonds. The van der Waals surface area contributed by atoms with Crippen molar-refractivity contribution in [1.82, 2.24) is 4.98 Å². The third kappa shape index (κ3) is 3.59. The van der Waals surface area contributed by atoms with Crippen molar-refractivity contribution in [2.45, 2.75) is 52.9 Å². The molecule has 0 aliphatic rings. The van der Waals surface area contributed by atoms with Crippen LogP contribution in [-0.2, 0) is 11.8 Å². The summed E-state index contributed by atoms with van der Waals surface area (Å²) >= 11 is 1.51. The number of carbonyl (C=O) groups excluding carboxylic acids is 1. The average molecular weight is 301 g/mol. The van der Waals surface area contributed by atoms with Gasteiger partial charge in [-0.1, -0.05) is 58.4 Å². The van der Waals surface area contributed by atoms with Crippen LogP contribution in [0.2, 0.25) is 0 Å². The van der Waals surface area contributed by atoms with Crippen molar-refractivity contribution in [3.8, 4) is 10.6 Å². The van der Waals surface area contributed by atoms with E-state index >= 15 is 0 Å². The number of thiazole rings is 1. The number of aromatic nitrogens is 1. The molecule has 1 heterocycles. The van der Waals surface area contributed by atoms with Crippen molar-refractivity contribution in [2.75, 3.05) is 0 Å². The monoisotopic (exact) mass is 301 g/mol. The molecule has 0 saturated carbocycles. The Morgan fingerprint density at radius 1 is 1.19 bits per heavy atom. The van der Waals surface area contributed by atoms with E-state index < -0.39 is 0 Å². The Morgan fingerprint density at radius 3 is 2.29 bits per heavy atom. The molecule has 0 N–H and O–H groups in total. The Labute approximate surface area is 131 Å². The van der Waals surface area contributed by atoms with Crippen LogP contribution in [0.1, 0.15) is 62.0 Å². The third-order valence-corrected chi connectivity index (χ3v) is 4.75. The molecule has 0 saturated heterocycles. The fourth-order valence-corrected chi connectivity index (χ4v) is 3.28. The summed E-state index contributed by atoms with van der Waals surface area (Å²) in [5, 5.41) is 0.948. The molecule has 2 aromatic rings. The fourth-order valence-electron chi connectivity index (χ4n) is 2.27. The second-order valence-corrected chi connectivity index (χ2v) is 7.43. The summed E-state index contributed by atoms with van der Waals surface area (Å²) in [7, 11) is 0. The number of aryl methyl sites for hydroxylation is 1. The minimum atomic E-state index is 0.119. The van der Waals surface area contributed by atoms with Gasteiger partial charge in [0.25, 0.3) is 0 Å². The van der Waals surface area contributed by atoms with Gasteiger partial charge in [0, 0.05) is 12.5 Å². The van der Waals surface area contributed by atoms with Crippen LogP contribution in [0.4, 0.5) is 0 Å². The van der Waals surface area contributed by atoms with Crippen LogP contribution in [0, 0.1) is 0 Å². The van der Waals surface area contributed by atoms with Gasteiger partial charge >= 0.3 is 0 Å². The minimum Gasteiger partial charge on any atom is -0.294 e. The third-order valence-electron chi connectivity index (χ3n) is 3.50. The lowest BCUT2D eigenvalue weighted by atomic mass is 9.87. The lowest BCUT2D eigenvalue weighted by Crippen LogP contribution is -2.10. The average Bonchev–Trinajstić information content (AvgIpc) is 2.82. The standard InChI is InChI=1S/C18H23NOS/c1-6-7-15-16(12(2)20)21-17(19-15)13-8-10-14(11-9-13)18(3,4)5/h8-11H,6-7H2,1-5H3. The van der Waals surface area contributed by atoms with Crippen LogP contribution in [0.5, 0.6) is 0 Å². The van der Waals surface area contributed by atoms with Gasteiger partial charge in [0.2, 0.25) is 0 Å². The molecular weight excluding hydrogens is 278 g/mol. The fraction of sp³-hybridized carbons (Fsp3) is 0.444. The molecule has 2 rings (SSSR count). The lowest BCUT2D eigenvalue weighted by Gasteiger charge is -2.18. The number of nitrogens with zero attached hydrogens (tertiary/aromatic N) is 1. The lowest BCUT2D eigenvalue weighted by molar-refractivity contribution is 0.102. The maximum atomic E-state index is 11.7. The van der Waals surface area contributed by atoms with Gasteiger partial charge in [-0.2, -0.15) is 0 Å². The van der Waals surface area contributed by atoms with Crippen molar-refractivity contribution in [2.24, 2.45) is 0 Å². The maximum absolute atomic E-state index is 11.7. The molecule has 0 radical (unpaired) electrons. The van der Waals surface area contributed by atoms with Gasteiger partial charge in [0.05, 0.1) is 10.6 Å². The molecule has 0 spiro atoms. The zero-order chi connectivity index (χ0) is 15.6. The van der Waals surface area contributed by atoms with E-state index in [9.17, 15) is 4.79 Å². The number of ketones is 1. The Balaban J connectivity index is 2.38. The zero-order valence-corrected chi connectivity index (χ0v) is 14.3. The van der Waals surface area contributed by atoms with Crippen LogP contribution in [0.25, 0.3) is 10.6 Å². The van der Waals surface area contributed by atoms with E-state index in [1.807, 2.05) is 0 Å². The molecule has 0 bridgehead atoms. The molecule has 1 aromatic heterocycles. The first-order valence-electron chi connectivity index (χ1n) is 7.44. The van der Waals surface area contributed by atoms with Gasteiger partial charge < -0.3 is 0 Å². The number of Topliss-reactive ketones (excluding diaryl/α,β-unsaturated/α-hetero) is 1. The second-order valence-electron chi connectivity index (χ2n) is 6.43. The maximum Gasteiger partial charge on any atom is 0.171 e. The van der Waals surface area contributed by atoms with E-state index in [0.717, 1.165) is 34.0 Å². The smallest absolute Gasteiger partial charge is 0.171 e. The summed E-state index contributed by atoms with van der Waals surface area (Å²) in [4.78, 5) is 17.2. The molecule has 0 aliphatic carbocycles.